The van der Waals surface area contributed by atoms with Crippen LogP contribution < -0.4 is 5.32 Å². The van der Waals surface area contributed by atoms with Crippen LogP contribution in [0, 0.1) is 0 Å². The molecular weight excluding hydrogens is 370 g/mol. The molecule has 2 aromatic heterocycles. The molecule has 3 aromatic rings. The zero-order valence-electron chi connectivity index (χ0n) is 12.7. The summed E-state index contributed by atoms with van der Waals surface area (Å²) in [6, 6.07) is 9.45. The number of halogens is 1. The molecule has 0 saturated carbocycles. The zero-order chi connectivity index (χ0) is 17.9. The van der Waals surface area contributed by atoms with Crippen LogP contribution in [0.25, 0.3) is 0 Å². The van der Waals surface area contributed by atoms with Crippen LogP contribution in [0.2, 0.25) is 5.02 Å². The summed E-state index contributed by atoms with van der Waals surface area (Å²) in [5, 5.41) is 9.65. The molecule has 1 amide bonds. The Morgan fingerprint density at radius 1 is 1.16 bits per heavy atom. The number of carbonyl (C=O) groups is 1. The Bertz CT molecular complexity index is 965. The Morgan fingerprint density at radius 2 is 1.92 bits per heavy atom. The molecule has 0 fully saturated rings. The maximum absolute atomic E-state index is 12.3. The summed E-state index contributed by atoms with van der Waals surface area (Å²) in [6.07, 6.45) is 1.36. The minimum absolute atomic E-state index is 0.0328. The van der Waals surface area contributed by atoms with E-state index in [2.05, 4.69) is 15.5 Å². The lowest BCUT2D eigenvalue weighted by Crippen LogP contribution is -2.22. The van der Waals surface area contributed by atoms with E-state index < -0.39 is 21.0 Å². The summed E-state index contributed by atoms with van der Waals surface area (Å²) >= 11 is 5.77. The molecular formula is C15H12ClN3O5S. The van der Waals surface area contributed by atoms with Crippen molar-refractivity contribution in [3.63, 3.8) is 0 Å². The van der Waals surface area contributed by atoms with Crippen molar-refractivity contribution >= 4 is 27.3 Å². The minimum atomic E-state index is -3.80. The molecule has 0 aliphatic rings. The van der Waals surface area contributed by atoms with E-state index in [9.17, 15) is 13.2 Å². The molecule has 0 aliphatic heterocycles. The van der Waals surface area contributed by atoms with Gasteiger partial charge in [-0.15, -0.1) is 5.10 Å². The first-order chi connectivity index (χ1) is 11.9. The van der Waals surface area contributed by atoms with Crippen molar-refractivity contribution in [1.82, 2.24) is 15.5 Å². The number of nitrogens with one attached hydrogen (secondary N) is 1. The third-order valence-electron chi connectivity index (χ3n) is 3.13. The van der Waals surface area contributed by atoms with Gasteiger partial charge < -0.3 is 14.2 Å². The molecule has 8 nitrogen and oxygen atoms in total. The molecule has 3 rings (SSSR count). The summed E-state index contributed by atoms with van der Waals surface area (Å²) in [5.74, 6) is -0.691. The van der Waals surface area contributed by atoms with Crippen molar-refractivity contribution < 1.29 is 22.0 Å². The molecule has 0 bridgehead atoms. The Hall–Kier alpha value is -2.65. The first-order valence-electron chi connectivity index (χ1n) is 7.05. The van der Waals surface area contributed by atoms with E-state index in [1.807, 2.05) is 0 Å². The van der Waals surface area contributed by atoms with Gasteiger partial charge in [-0.05, 0) is 29.8 Å². The van der Waals surface area contributed by atoms with Gasteiger partial charge in [0.25, 0.3) is 5.91 Å². The molecule has 0 saturated heterocycles. The molecule has 0 spiro atoms. The molecule has 130 valence electrons. The van der Waals surface area contributed by atoms with Crippen molar-refractivity contribution in [2.45, 2.75) is 17.5 Å². The van der Waals surface area contributed by atoms with E-state index in [0.29, 0.717) is 10.6 Å². The number of furan rings is 1. The fourth-order valence-electron chi connectivity index (χ4n) is 1.95. The zero-order valence-corrected chi connectivity index (χ0v) is 14.2. The van der Waals surface area contributed by atoms with Gasteiger partial charge in [0, 0.05) is 5.02 Å². The smallest absolute Gasteiger partial charge is 0.335 e. The Labute approximate surface area is 147 Å². The van der Waals surface area contributed by atoms with Crippen LogP contribution in [0.1, 0.15) is 22.0 Å². The molecule has 1 aromatic carbocycles. The molecule has 0 unspecified atom stereocenters. The molecule has 25 heavy (non-hydrogen) atoms. The van der Waals surface area contributed by atoms with Crippen molar-refractivity contribution in [1.29, 1.82) is 0 Å². The largest absolute Gasteiger partial charge is 0.459 e. The lowest BCUT2D eigenvalue weighted by molar-refractivity contribution is 0.0919. The minimum Gasteiger partial charge on any atom is -0.459 e. The summed E-state index contributed by atoms with van der Waals surface area (Å²) in [6.45, 7) is -0.122. The average Bonchev–Trinajstić information content (AvgIpc) is 3.26. The SMILES string of the molecule is O=C(NCc1nnc(S(=O)(=O)Cc2ccc(Cl)cc2)o1)c1ccco1. The highest BCUT2D eigenvalue weighted by molar-refractivity contribution is 7.90. The van der Waals surface area contributed by atoms with Crippen LogP contribution in [0.3, 0.4) is 0 Å². The van der Waals surface area contributed by atoms with Gasteiger partial charge in [-0.1, -0.05) is 28.8 Å². The fourth-order valence-corrected chi connectivity index (χ4v) is 3.22. The van der Waals surface area contributed by atoms with Crippen LogP contribution in [0.15, 0.2) is 56.7 Å². The number of sulfone groups is 1. The van der Waals surface area contributed by atoms with Crippen LogP contribution in [0.4, 0.5) is 0 Å². The standard InChI is InChI=1S/C15H12ClN3O5S/c16-11-5-3-10(4-6-11)9-25(21,22)15-19-18-13(24-15)8-17-14(20)12-2-1-7-23-12/h1-7H,8-9H2,(H,17,20). The Morgan fingerprint density at radius 3 is 2.60 bits per heavy atom. The summed E-state index contributed by atoms with van der Waals surface area (Å²) in [5.41, 5.74) is 0.537. The quantitative estimate of drug-likeness (QED) is 0.695. The normalized spacial score (nSPS) is 11.4. The van der Waals surface area contributed by atoms with Crippen molar-refractivity contribution in [3.8, 4) is 0 Å². The summed E-state index contributed by atoms with van der Waals surface area (Å²) < 4.78 is 34.7. The number of rotatable bonds is 6. The van der Waals surface area contributed by atoms with Gasteiger partial charge in [-0.25, -0.2) is 8.42 Å². The van der Waals surface area contributed by atoms with Gasteiger partial charge in [0.15, 0.2) is 5.76 Å². The summed E-state index contributed by atoms with van der Waals surface area (Å²) in [7, 11) is -3.80. The van der Waals surface area contributed by atoms with E-state index in [1.54, 1.807) is 30.3 Å². The highest BCUT2D eigenvalue weighted by Crippen LogP contribution is 2.17. The van der Waals surface area contributed by atoms with E-state index in [-0.39, 0.29) is 23.9 Å². The summed E-state index contributed by atoms with van der Waals surface area (Å²) in [4.78, 5) is 11.7. The average molecular weight is 382 g/mol. The van der Waals surface area contributed by atoms with Gasteiger partial charge in [0.2, 0.25) is 15.7 Å². The van der Waals surface area contributed by atoms with Gasteiger partial charge in [-0.3, -0.25) is 4.79 Å². The van der Waals surface area contributed by atoms with Gasteiger partial charge >= 0.3 is 5.22 Å². The van der Waals surface area contributed by atoms with Gasteiger partial charge in [-0.2, -0.15) is 0 Å². The third-order valence-corrected chi connectivity index (χ3v) is 4.79. The van der Waals surface area contributed by atoms with E-state index in [4.69, 9.17) is 20.4 Å². The predicted molar refractivity (Wildman–Crippen MR) is 86.5 cm³/mol. The first-order valence-corrected chi connectivity index (χ1v) is 9.08. The molecule has 10 heteroatoms. The van der Waals surface area contributed by atoms with Gasteiger partial charge in [0.05, 0.1) is 18.6 Å². The number of hydrogen-bond donors (Lipinski definition) is 1. The van der Waals surface area contributed by atoms with Crippen molar-refractivity contribution in [3.05, 3.63) is 64.9 Å². The second-order valence-electron chi connectivity index (χ2n) is 5.01. The number of benzene rings is 1. The van der Waals surface area contributed by atoms with E-state index in [1.165, 1.54) is 12.3 Å². The molecule has 1 N–H and O–H groups in total. The second-order valence-corrected chi connectivity index (χ2v) is 7.31. The monoisotopic (exact) mass is 381 g/mol. The lowest BCUT2D eigenvalue weighted by atomic mass is 10.2. The maximum atomic E-state index is 12.3. The molecule has 2 heterocycles. The van der Waals surface area contributed by atoms with E-state index in [0.717, 1.165) is 0 Å². The number of amides is 1. The second kappa shape index (κ2) is 7.08. The number of carbonyl (C=O) groups excluding carboxylic acids is 1. The maximum Gasteiger partial charge on any atom is 0.335 e. The van der Waals surface area contributed by atoms with E-state index >= 15 is 0 Å². The lowest BCUT2D eigenvalue weighted by Gasteiger charge is -2.01. The first kappa shape index (κ1) is 17.2. The molecule has 0 aliphatic carbocycles. The number of hydrogen-bond acceptors (Lipinski definition) is 7. The highest BCUT2D eigenvalue weighted by atomic mass is 35.5. The Kier molecular flexibility index (Phi) is 4.86. The van der Waals surface area contributed by atoms with Crippen LogP contribution in [-0.2, 0) is 22.1 Å². The third kappa shape index (κ3) is 4.25. The van der Waals surface area contributed by atoms with Crippen molar-refractivity contribution in [2.75, 3.05) is 0 Å². The topological polar surface area (TPSA) is 115 Å². The van der Waals surface area contributed by atoms with Crippen LogP contribution in [0.5, 0.6) is 0 Å². The Balaban J connectivity index is 1.65. The fraction of sp³-hybridized carbons (Fsp3) is 0.133. The van der Waals surface area contributed by atoms with Crippen LogP contribution >= 0.6 is 11.6 Å². The highest BCUT2D eigenvalue weighted by Gasteiger charge is 2.23. The number of nitrogens with zero attached hydrogens (tertiary/aromatic N) is 2. The number of aromatic nitrogens is 2. The molecule has 0 atom stereocenters. The van der Waals surface area contributed by atoms with Gasteiger partial charge in [0.1, 0.15) is 0 Å². The molecule has 0 radical (unpaired) electrons. The van der Waals surface area contributed by atoms with Crippen LogP contribution in [-0.4, -0.2) is 24.5 Å². The van der Waals surface area contributed by atoms with Crippen molar-refractivity contribution in [2.24, 2.45) is 0 Å². The predicted octanol–water partition coefficient (Wildman–Crippen LogP) is 2.22.